The summed E-state index contributed by atoms with van der Waals surface area (Å²) in [4.78, 5) is 10.1. The largest absolute Gasteiger partial charge is 0.233 e. The molecule has 0 amide bonds. The van der Waals surface area contributed by atoms with E-state index in [-0.39, 0.29) is 0 Å². The van der Waals surface area contributed by atoms with Gasteiger partial charge in [-0.15, -0.1) is 0 Å². The lowest BCUT2D eigenvalue weighted by Gasteiger charge is -2.11. The van der Waals surface area contributed by atoms with Crippen molar-refractivity contribution >= 4 is 43.9 Å². The minimum Gasteiger partial charge on any atom is -0.233 e. The molecule has 0 radical (unpaired) electrons. The van der Waals surface area contributed by atoms with Gasteiger partial charge in [0.1, 0.15) is 0 Å². The Labute approximate surface area is 198 Å². The van der Waals surface area contributed by atoms with E-state index in [4.69, 9.17) is 9.98 Å². The second kappa shape index (κ2) is 10.3. The molecule has 0 spiro atoms. The highest BCUT2D eigenvalue weighted by atomic mass is 79.9. The van der Waals surface area contributed by atoms with Crippen molar-refractivity contribution in [3.8, 4) is 0 Å². The number of rotatable bonds is 5. The van der Waals surface area contributed by atoms with Crippen LogP contribution in [-0.2, 0) is 0 Å². The van der Waals surface area contributed by atoms with Crippen molar-refractivity contribution < 1.29 is 0 Å². The van der Waals surface area contributed by atoms with E-state index in [1.165, 1.54) is 5.39 Å². The van der Waals surface area contributed by atoms with Crippen LogP contribution in [0.25, 0.3) is 16.5 Å². The molecule has 0 aliphatic rings. The molecule has 3 heteroatoms. The highest BCUT2D eigenvalue weighted by molar-refractivity contribution is 9.10. The zero-order chi connectivity index (χ0) is 22.3. The van der Waals surface area contributed by atoms with E-state index in [0.29, 0.717) is 5.84 Å². The number of aliphatic imine (C=N–C) groups is 2. The van der Waals surface area contributed by atoms with E-state index in [2.05, 4.69) is 89.6 Å². The molecule has 0 aliphatic carbocycles. The molecule has 32 heavy (non-hydrogen) atoms. The Morgan fingerprint density at radius 1 is 0.750 bits per heavy atom. The van der Waals surface area contributed by atoms with E-state index in [0.717, 1.165) is 44.4 Å². The van der Waals surface area contributed by atoms with E-state index in [9.17, 15) is 0 Å². The summed E-state index contributed by atoms with van der Waals surface area (Å²) in [5.74, 6) is 0.688. The summed E-state index contributed by atoms with van der Waals surface area (Å²) in [5.41, 5.74) is 4.98. The minimum atomic E-state index is 0.688. The quantitative estimate of drug-likeness (QED) is 0.202. The van der Waals surface area contributed by atoms with Gasteiger partial charge in [-0.2, -0.15) is 0 Å². The number of halogens is 1. The van der Waals surface area contributed by atoms with Crippen molar-refractivity contribution in [1.29, 1.82) is 0 Å². The van der Waals surface area contributed by atoms with E-state index in [1.54, 1.807) is 0 Å². The van der Waals surface area contributed by atoms with Crippen molar-refractivity contribution in [2.75, 3.05) is 0 Å². The summed E-state index contributed by atoms with van der Waals surface area (Å²) >= 11 is 3.84. The molecule has 0 bridgehead atoms. The molecule has 0 fully saturated rings. The predicted octanol–water partition coefficient (Wildman–Crippen LogP) is 8.31. The highest BCUT2D eigenvalue weighted by Crippen LogP contribution is 2.30. The Hall–Kier alpha value is -3.30. The molecule has 0 aliphatic heterocycles. The molecule has 4 aromatic carbocycles. The maximum atomic E-state index is 5.10. The van der Waals surface area contributed by atoms with Crippen LogP contribution in [0.15, 0.2) is 118 Å². The van der Waals surface area contributed by atoms with Crippen molar-refractivity contribution in [2.45, 2.75) is 20.3 Å². The average molecular weight is 481 g/mol. The van der Waals surface area contributed by atoms with Crippen LogP contribution in [0, 0.1) is 0 Å². The van der Waals surface area contributed by atoms with Gasteiger partial charge in [0, 0.05) is 15.7 Å². The second-order valence-corrected chi connectivity index (χ2v) is 8.30. The molecule has 0 aromatic heterocycles. The average Bonchev–Trinajstić information content (AvgIpc) is 2.85. The molecular formula is C29H25BrN2. The number of hydrogen-bond donors (Lipinski definition) is 0. The van der Waals surface area contributed by atoms with Crippen LogP contribution >= 0.6 is 15.9 Å². The van der Waals surface area contributed by atoms with Crippen LogP contribution in [0.2, 0.25) is 0 Å². The van der Waals surface area contributed by atoms with Crippen molar-refractivity contribution in [3.05, 3.63) is 124 Å². The van der Waals surface area contributed by atoms with Crippen molar-refractivity contribution in [3.63, 3.8) is 0 Å². The lowest BCUT2D eigenvalue weighted by Crippen LogP contribution is -2.05. The fourth-order valence-corrected chi connectivity index (χ4v) is 4.27. The molecule has 0 unspecified atom stereocenters. The third kappa shape index (κ3) is 4.95. The number of fused-ring (bicyclic) bond motifs is 1. The predicted molar refractivity (Wildman–Crippen MR) is 142 cm³/mol. The summed E-state index contributed by atoms with van der Waals surface area (Å²) in [5, 5.41) is 2.32. The zero-order valence-corrected chi connectivity index (χ0v) is 19.9. The lowest BCUT2D eigenvalue weighted by atomic mass is 10.1. The summed E-state index contributed by atoms with van der Waals surface area (Å²) in [6.45, 7) is 4.16. The summed E-state index contributed by atoms with van der Waals surface area (Å²) < 4.78 is 1.00. The normalized spacial score (nSPS) is 12.9. The second-order valence-electron chi connectivity index (χ2n) is 7.51. The van der Waals surface area contributed by atoms with Gasteiger partial charge in [-0.25, -0.2) is 9.98 Å². The Kier molecular flexibility index (Phi) is 7.08. The van der Waals surface area contributed by atoms with Crippen molar-refractivity contribution in [2.24, 2.45) is 9.98 Å². The molecule has 0 atom stereocenters. The van der Waals surface area contributed by atoms with Gasteiger partial charge in [0.15, 0.2) is 5.84 Å². The van der Waals surface area contributed by atoms with Gasteiger partial charge >= 0.3 is 0 Å². The number of amidine groups is 1. The third-order valence-electron chi connectivity index (χ3n) is 5.26. The molecular weight excluding hydrogens is 456 g/mol. The first-order valence-corrected chi connectivity index (χ1v) is 11.6. The Morgan fingerprint density at radius 2 is 1.38 bits per heavy atom. The molecule has 158 valence electrons. The van der Waals surface area contributed by atoms with Crippen LogP contribution < -0.4 is 0 Å². The molecule has 0 saturated heterocycles. The first-order chi connectivity index (χ1) is 15.7. The fraction of sp³-hybridized carbons (Fsp3) is 0.103. The van der Waals surface area contributed by atoms with Gasteiger partial charge < -0.3 is 0 Å². The van der Waals surface area contributed by atoms with Crippen LogP contribution in [0.4, 0.5) is 0 Å². The van der Waals surface area contributed by atoms with E-state index < -0.39 is 0 Å². The number of hydrogen-bond acceptors (Lipinski definition) is 1. The standard InChI is InChI=1S/C29H25BrN2/c1-3-12-27(24-16-8-5-9-17-24)32-29(31-21(2)22-13-6-4-7-14-22)26-20-19-23-15-10-11-18-25(23)28(26)30/h4-20H,3H2,1-2H3/b27-12+,31-21?,32-29?. The summed E-state index contributed by atoms with van der Waals surface area (Å²) in [7, 11) is 0. The first kappa shape index (κ1) is 21.9. The SMILES string of the molecule is CC/C=C(/N=C(N=C(C)c1ccccc1)c1ccc2ccccc2c1Br)c1ccccc1. The van der Waals surface area contributed by atoms with Crippen LogP contribution in [0.5, 0.6) is 0 Å². The highest BCUT2D eigenvalue weighted by Gasteiger charge is 2.13. The van der Waals surface area contributed by atoms with Gasteiger partial charge in [0.25, 0.3) is 0 Å². The van der Waals surface area contributed by atoms with Crippen LogP contribution in [0.1, 0.15) is 37.0 Å². The van der Waals surface area contributed by atoms with Gasteiger partial charge in [-0.1, -0.05) is 104 Å². The minimum absolute atomic E-state index is 0.688. The lowest BCUT2D eigenvalue weighted by molar-refractivity contribution is 1.21. The van der Waals surface area contributed by atoms with Gasteiger partial charge in [0.05, 0.1) is 5.70 Å². The fourth-order valence-electron chi connectivity index (χ4n) is 3.60. The van der Waals surface area contributed by atoms with Crippen LogP contribution in [0.3, 0.4) is 0 Å². The maximum Gasteiger partial charge on any atom is 0.161 e. The van der Waals surface area contributed by atoms with E-state index in [1.807, 2.05) is 43.3 Å². The monoisotopic (exact) mass is 480 g/mol. The first-order valence-electron chi connectivity index (χ1n) is 10.8. The Bertz CT molecular complexity index is 1300. The Morgan fingerprint density at radius 3 is 2.06 bits per heavy atom. The summed E-state index contributed by atoms with van der Waals surface area (Å²) in [6.07, 6.45) is 3.04. The number of allylic oxidation sites excluding steroid dienone is 1. The van der Waals surface area contributed by atoms with Gasteiger partial charge in [-0.3, -0.25) is 0 Å². The number of benzene rings is 4. The molecule has 0 heterocycles. The van der Waals surface area contributed by atoms with Crippen molar-refractivity contribution in [1.82, 2.24) is 0 Å². The molecule has 2 nitrogen and oxygen atoms in total. The number of nitrogens with zero attached hydrogens (tertiary/aromatic N) is 2. The third-order valence-corrected chi connectivity index (χ3v) is 6.12. The smallest absolute Gasteiger partial charge is 0.161 e. The van der Waals surface area contributed by atoms with E-state index >= 15 is 0 Å². The topological polar surface area (TPSA) is 24.7 Å². The molecule has 0 saturated carbocycles. The Balaban J connectivity index is 1.92. The van der Waals surface area contributed by atoms with Crippen LogP contribution in [-0.4, -0.2) is 11.5 Å². The molecule has 4 rings (SSSR count). The summed E-state index contributed by atoms with van der Waals surface area (Å²) in [6, 6.07) is 33.1. The van der Waals surface area contributed by atoms with Gasteiger partial charge in [0.2, 0.25) is 0 Å². The zero-order valence-electron chi connectivity index (χ0n) is 18.3. The van der Waals surface area contributed by atoms with Gasteiger partial charge in [-0.05, 0) is 57.2 Å². The molecule has 4 aromatic rings. The maximum absolute atomic E-state index is 5.10. The molecule has 0 N–H and O–H groups in total.